The van der Waals surface area contributed by atoms with Crippen molar-refractivity contribution in [1.29, 1.82) is 0 Å². The molecule has 1 aromatic carbocycles. The van der Waals surface area contributed by atoms with Crippen LogP contribution in [-0.4, -0.2) is 35.1 Å². The average Bonchev–Trinajstić information content (AvgIpc) is 3.35. The molecule has 0 aliphatic carbocycles. The van der Waals surface area contributed by atoms with Crippen LogP contribution < -0.4 is 5.73 Å². The number of nitrogens with two attached hydrogens (primary N) is 1. The van der Waals surface area contributed by atoms with Gasteiger partial charge >= 0.3 is 0 Å². The molecular formula is C25H29FN4O2Si. The number of aromatic nitrogens is 3. The molecule has 0 fully saturated rings. The maximum Gasteiger partial charge on any atom is 0.250 e. The molecule has 3 heterocycles. The SMILES string of the molecule is Cc1ccc(-c2c(C(N)=O)cc(-c3ccnc4[nH]ccc34)n2COCC[Si](C)(C)C)c(F)c1. The lowest BCUT2D eigenvalue weighted by atomic mass is 10.0. The van der Waals surface area contributed by atoms with E-state index in [0.29, 0.717) is 17.9 Å². The number of hydrogen-bond acceptors (Lipinski definition) is 3. The molecule has 0 radical (unpaired) electrons. The molecule has 0 aliphatic heterocycles. The molecule has 4 aromatic rings. The van der Waals surface area contributed by atoms with E-state index in [1.54, 1.807) is 18.3 Å². The Morgan fingerprint density at radius 2 is 1.97 bits per heavy atom. The summed E-state index contributed by atoms with van der Waals surface area (Å²) in [5.41, 5.74) is 9.85. The second kappa shape index (κ2) is 8.96. The zero-order valence-corrected chi connectivity index (χ0v) is 20.4. The van der Waals surface area contributed by atoms with Gasteiger partial charge in [0.05, 0.1) is 17.0 Å². The molecule has 0 saturated heterocycles. The van der Waals surface area contributed by atoms with E-state index < -0.39 is 19.8 Å². The lowest BCUT2D eigenvalue weighted by Crippen LogP contribution is -2.22. The number of aromatic amines is 1. The molecule has 0 bridgehead atoms. The number of halogens is 1. The lowest BCUT2D eigenvalue weighted by molar-refractivity contribution is 0.0893. The first-order valence-corrected chi connectivity index (χ1v) is 14.7. The number of primary amides is 1. The van der Waals surface area contributed by atoms with E-state index in [9.17, 15) is 4.79 Å². The van der Waals surface area contributed by atoms with Gasteiger partial charge in [0, 0.05) is 43.6 Å². The van der Waals surface area contributed by atoms with Crippen molar-refractivity contribution in [2.45, 2.75) is 39.3 Å². The highest BCUT2D eigenvalue weighted by atomic mass is 28.3. The van der Waals surface area contributed by atoms with E-state index in [0.717, 1.165) is 33.9 Å². The number of H-pyrrole nitrogens is 1. The van der Waals surface area contributed by atoms with Crippen LogP contribution in [0.5, 0.6) is 0 Å². The van der Waals surface area contributed by atoms with E-state index in [1.165, 1.54) is 6.07 Å². The summed E-state index contributed by atoms with van der Waals surface area (Å²) in [5, 5.41) is 0.894. The van der Waals surface area contributed by atoms with Gasteiger partial charge in [0.2, 0.25) is 0 Å². The van der Waals surface area contributed by atoms with Crippen LogP contribution in [0.4, 0.5) is 4.39 Å². The predicted molar refractivity (Wildman–Crippen MR) is 132 cm³/mol. The number of carbonyl (C=O) groups excluding carboxylic acids is 1. The minimum absolute atomic E-state index is 0.171. The lowest BCUT2D eigenvalue weighted by Gasteiger charge is -2.19. The number of pyridine rings is 1. The smallest absolute Gasteiger partial charge is 0.250 e. The van der Waals surface area contributed by atoms with Crippen molar-refractivity contribution in [3.63, 3.8) is 0 Å². The van der Waals surface area contributed by atoms with Crippen molar-refractivity contribution in [2.24, 2.45) is 5.73 Å². The summed E-state index contributed by atoms with van der Waals surface area (Å²) in [5.74, 6) is -1.03. The summed E-state index contributed by atoms with van der Waals surface area (Å²) < 4.78 is 23.0. The fraction of sp³-hybridized carbons (Fsp3) is 0.280. The Balaban J connectivity index is 1.90. The van der Waals surface area contributed by atoms with Crippen LogP contribution in [0.1, 0.15) is 15.9 Å². The molecule has 8 heteroatoms. The number of aryl methyl sites for hydroxylation is 1. The first kappa shape index (κ1) is 22.9. The molecule has 3 N–H and O–H groups in total. The van der Waals surface area contributed by atoms with Crippen LogP contribution >= 0.6 is 0 Å². The number of rotatable bonds is 8. The largest absolute Gasteiger partial charge is 0.366 e. The number of ether oxygens (including phenoxy) is 1. The van der Waals surface area contributed by atoms with Gasteiger partial charge < -0.3 is 20.0 Å². The molecule has 0 aliphatic rings. The maximum atomic E-state index is 15.1. The standard InChI is InChI=1S/C25H29FN4O2Si/c1-16-5-6-19(21(26)13-16)23-20(24(27)31)14-22(30(23)15-32-11-12-33(2,3)4)17-7-9-28-25-18(17)8-10-29-25/h5-10,13-14H,11-12,15H2,1-4H3,(H2,27,31)(H,28,29). The molecule has 0 saturated carbocycles. The van der Waals surface area contributed by atoms with E-state index >= 15 is 4.39 Å². The second-order valence-electron chi connectivity index (χ2n) is 9.51. The number of nitrogens with zero attached hydrogens (tertiary/aromatic N) is 2. The summed E-state index contributed by atoms with van der Waals surface area (Å²) in [6.07, 6.45) is 3.52. The molecule has 172 valence electrons. The monoisotopic (exact) mass is 464 g/mol. The first-order chi connectivity index (χ1) is 15.7. The van der Waals surface area contributed by atoms with Gasteiger partial charge in [-0.15, -0.1) is 0 Å². The third-order valence-corrected chi connectivity index (χ3v) is 7.40. The van der Waals surface area contributed by atoms with Crippen LogP contribution in [0.3, 0.4) is 0 Å². The van der Waals surface area contributed by atoms with E-state index in [1.807, 2.05) is 35.9 Å². The fourth-order valence-corrected chi connectivity index (χ4v) is 4.67. The molecule has 6 nitrogen and oxygen atoms in total. The van der Waals surface area contributed by atoms with E-state index in [-0.39, 0.29) is 12.3 Å². The summed E-state index contributed by atoms with van der Waals surface area (Å²) in [6.45, 7) is 9.44. The molecule has 3 aromatic heterocycles. The van der Waals surface area contributed by atoms with Crippen molar-refractivity contribution in [3.05, 3.63) is 65.7 Å². The van der Waals surface area contributed by atoms with Crippen molar-refractivity contribution in [1.82, 2.24) is 14.5 Å². The molecule has 0 unspecified atom stereocenters. The highest BCUT2D eigenvalue weighted by Gasteiger charge is 2.24. The van der Waals surface area contributed by atoms with Crippen LogP contribution in [0, 0.1) is 12.7 Å². The molecule has 1 amide bonds. The van der Waals surface area contributed by atoms with Gasteiger partial charge in [-0.05, 0) is 48.9 Å². The summed E-state index contributed by atoms with van der Waals surface area (Å²) in [4.78, 5) is 20.0. The number of benzene rings is 1. The van der Waals surface area contributed by atoms with Crippen LogP contribution in [-0.2, 0) is 11.5 Å². The Labute approximate surface area is 193 Å². The van der Waals surface area contributed by atoms with Crippen molar-refractivity contribution < 1.29 is 13.9 Å². The Morgan fingerprint density at radius 3 is 2.67 bits per heavy atom. The van der Waals surface area contributed by atoms with Gasteiger partial charge in [-0.3, -0.25) is 4.79 Å². The summed E-state index contributed by atoms with van der Waals surface area (Å²) in [7, 11) is -1.29. The molecule has 33 heavy (non-hydrogen) atoms. The molecular weight excluding hydrogens is 435 g/mol. The number of nitrogens with one attached hydrogen (secondary N) is 1. The Bertz CT molecular complexity index is 1320. The molecule has 0 spiro atoms. The minimum atomic E-state index is -1.29. The van der Waals surface area contributed by atoms with Gasteiger partial charge in [-0.25, -0.2) is 9.37 Å². The normalized spacial score (nSPS) is 11.9. The highest BCUT2D eigenvalue weighted by molar-refractivity contribution is 6.76. The number of carbonyl (C=O) groups is 1. The topological polar surface area (TPSA) is 85.9 Å². The quantitative estimate of drug-likeness (QED) is 0.264. The minimum Gasteiger partial charge on any atom is -0.366 e. The van der Waals surface area contributed by atoms with Crippen molar-refractivity contribution >= 4 is 25.0 Å². The zero-order chi connectivity index (χ0) is 23.8. The third-order valence-electron chi connectivity index (χ3n) is 5.69. The Kier molecular flexibility index (Phi) is 6.23. The Hall–Kier alpha value is -3.23. The van der Waals surface area contributed by atoms with Crippen LogP contribution in [0.2, 0.25) is 25.7 Å². The maximum absolute atomic E-state index is 15.1. The average molecular weight is 465 g/mol. The third kappa shape index (κ3) is 4.77. The number of hydrogen-bond donors (Lipinski definition) is 2. The second-order valence-corrected chi connectivity index (χ2v) is 15.1. The number of fused-ring (bicyclic) bond motifs is 1. The predicted octanol–water partition coefficient (Wildman–Crippen LogP) is 5.56. The van der Waals surface area contributed by atoms with Crippen LogP contribution in [0.25, 0.3) is 33.5 Å². The summed E-state index contributed by atoms with van der Waals surface area (Å²) >= 11 is 0. The summed E-state index contributed by atoms with van der Waals surface area (Å²) in [6, 6.07) is 11.5. The van der Waals surface area contributed by atoms with Gasteiger partial charge in [0.15, 0.2) is 0 Å². The van der Waals surface area contributed by atoms with Gasteiger partial charge in [-0.1, -0.05) is 25.7 Å². The fourth-order valence-electron chi connectivity index (χ4n) is 3.92. The van der Waals surface area contributed by atoms with E-state index in [4.69, 9.17) is 10.5 Å². The van der Waals surface area contributed by atoms with Gasteiger partial charge in [0.1, 0.15) is 18.2 Å². The Morgan fingerprint density at radius 1 is 1.18 bits per heavy atom. The van der Waals surface area contributed by atoms with Crippen LogP contribution in [0.15, 0.2) is 48.8 Å². The first-order valence-electron chi connectivity index (χ1n) is 11.0. The van der Waals surface area contributed by atoms with Crippen molar-refractivity contribution in [3.8, 4) is 22.5 Å². The van der Waals surface area contributed by atoms with Crippen molar-refractivity contribution in [2.75, 3.05) is 6.61 Å². The van der Waals surface area contributed by atoms with Gasteiger partial charge in [-0.2, -0.15) is 0 Å². The van der Waals surface area contributed by atoms with E-state index in [2.05, 4.69) is 29.6 Å². The molecule has 4 rings (SSSR count). The molecule has 0 atom stereocenters. The van der Waals surface area contributed by atoms with Gasteiger partial charge in [0.25, 0.3) is 5.91 Å². The highest BCUT2D eigenvalue weighted by Crippen LogP contribution is 2.37. The zero-order valence-electron chi connectivity index (χ0n) is 19.4. The number of amides is 1.